The lowest BCUT2D eigenvalue weighted by Crippen LogP contribution is -2.44. The maximum atomic E-state index is 12.4. The lowest BCUT2D eigenvalue weighted by molar-refractivity contribution is 0.102. The Labute approximate surface area is 154 Å². The van der Waals surface area contributed by atoms with Crippen LogP contribution in [0.4, 0.5) is 17.1 Å². The van der Waals surface area contributed by atoms with Crippen molar-refractivity contribution in [1.29, 1.82) is 0 Å². The van der Waals surface area contributed by atoms with E-state index in [1.165, 1.54) is 0 Å². The Bertz CT molecular complexity index is 753. The van der Waals surface area contributed by atoms with E-state index in [0.717, 1.165) is 37.6 Å². The van der Waals surface area contributed by atoms with Crippen LogP contribution in [0.2, 0.25) is 0 Å². The minimum Gasteiger partial charge on any atom is -0.494 e. The van der Waals surface area contributed by atoms with E-state index >= 15 is 0 Å². The van der Waals surface area contributed by atoms with Crippen LogP contribution in [0.1, 0.15) is 17.3 Å². The van der Waals surface area contributed by atoms with Gasteiger partial charge in [-0.25, -0.2) is 0 Å². The van der Waals surface area contributed by atoms with Crippen LogP contribution in [0, 0.1) is 0 Å². The molecule has 0 aromatic heterocycles. The lowest BCUT2D eigenvalue weighted by Gasteiger charge is -2.34. The summed E-state index contributed by atoms with van der Waals surface area (Å²) in [7, 11) is 2.13. The maximum Gasteiger partial charge on any atom is 0.255 e. The van der Waals surface area contributed by atoms with E-state index < -0.39 is 0 Å². The van der Waals surface area contributed by atoms with Crippen LogP contribution >= 0.6 is 0 Å². The first-order chi connectivity index (χ1) is 12.6. The highest BCUT2D eigenvalue weighted by Crippen LogP contribution is 2.27. The normalized spacial score (nSPS) is 14.9. The highest BCUT2D eigenvalue weighted by atomic mass is 16.5. The summed E-state index contributed by atoms with van der Waals surface area (Å²) in [6.45, 7) is 6.49. The average molecular weight is 354 g/mol. The van der Waals surface area contributed by atoms with Crippen molar-refractivity contribution in [3.63, 3.8) is 0 Å². The Morgan fingerprint density at radius 1 is 1.12 bits per heavy atom. The van der Waals surface area contributed by atoms with E-state index in [4.69, 9.17) is 10.5 Å². The molecule has 1 amide bonds. The number of piperazine rings is 1. The predicted molar refractivity (Wildman–Crippen MR) is 106 cm³/mol. The van der Waals surface area contributed by atoms with Crippen molar-refractivity contribution in [3.8, 4) is 5.75 Å². The number of anilines is 3. The third-order valence-electron chi connectivity index (χ3n) is 4.56. The van der Waals surface area contributed by atoms with E-state index in [0.29, 0.717) is 23.5 Å². The molecular weight excluding hydrogens is 328 g/mol. The number of rotatable bonds is 5. The fourth-order valence-corrected chi connectivity index (χ4v) is 3.04. The first-order valence-electron chi connectivity index (χ1n) is 8.94. The zero-order chi connectivity index (χ0) is 18.5. The van der Waals surface area contributed by atoms with Crippen LogP contribution in [0.3, 0.4) is 0 Å². The second-order valence-corrected chi connectivity index (χ2v) is 6.48. The predicted octanol–water partition coefficient (Wildman–Crippen LogP) is 2.67. The Kier molecular flexibility index (Phi) is 5.63. The molecule has 2 aromatic rings. The van der Waals surface area contributed by atoms with Crippen LogP contribution in [0.15, 0.2) is 42.5 Å². The lowest BCUT2D eigenvalue weighted by atomic mass is 10.1. The number of amides is 1. The number of nitrogens with one attached hydrogen (secondary N) is 1. The molecule has 0 unspecified atom stereocenters. The van der Waals surface area contributed by atoms with Crippen LogP contribution in [0.5, 0.6) is 5.75 Å². The number of carbonyl (C=O) groups is 1. The van der Waals surface area contributed by atoms with Crippen LogP contribution in [-0.4, -0.2) is 50.6 Å². The maximum absolute atomic E-state index is 12.4. The van der Waals surface area contributed by atoms with Gasteiger partial charge in [-0.2, -0.15) is 0 Å². The summed E-state index contributed by atoms with van der Waals surface area (Å²) in [5.41, 5.74) is 9.21. The summed E-state index contributed by atoms with van der Waals surface area (Å²) in [6, 6.07) is 12.8. The van der Waals surface area contributed by atoms with Crippen LogP contribution in [0.25, 0.3) is 0 Å². The van der Waals surface area contributed by atoms with Gasteiger partial charge in [0, 0.05) is 37.4 Å². The summed E-state index contributed by atoms with van der Waals surface area (Å²) in [5, 5.41) is 2.90. The summed E-state index contributed by atoms with van der Waals surface area (Å²) < 4.78 is 5.40. The Hall–Kier alpha value is -2.73. The van der Waals surface area contributed by atoms with Crippen molar-refractivity contribution in [3.05, 3.63) is 48.0 Å². The van der Waals surface area contributed by atoms with Crippen LogP contribution < -0.4 is 20.7 Å². The summed E-state index contributed by atoms with van der Waals surface area (Å²) in [6.07, 6.45) is 0. The summed E-state index contributed by atoms with van der Waals surface area (Å²) in [4.78, 5) is 17.0. The van der Waals surface area contributed by atoms with Gasteiger partial charge in [0.2, 0.25) is 0 Å². The molecule has 3 rings (SSSR count). The minimum atomic E-state index is -0.167. The second kappa shape index (κ2) is 8.10. The molecular formula is C20H26N4O2. The largest absolute Gasteiger partial charge is 0.494 e. The molecule has 0 aliphatic carbocycles. The van der Waals surface area contributed by atoms with E-state index in [9.17, 15) is 4.79 Å². The number of nitrogens with two attached hydrogens (primary N) is 1. The van der Waals surface area contributed by atoms with Gasteiger partial charge in [-0.15, -0.1) is 0 Å². The summed E-state index contributed by atoms with van der Waals surface area (Å²) >= 11 is 0. The number of ether oxygens (including phenoxy) is 1. The number of nitrogens with zero attached hydrogens (tertiary/aromatic N) is 2. The zero-order valence-electron chi connectivity index (χ0n) is 15.4. The van der Waals surface area contributed by atoms with Crippen molar-refractivity contribution >= 4 is 23.0 Å². The first kappa shape index (κ1) is 18.1. The van der Waals surface area contributed by atoms with Gasteiger partial charge in [-0.3, -0.25) is 4.79 Å². The highest BCUT2D eigenvalue weighted by molar-refractivity contribution is 6.04. The molecule has 1 aliphatic rings. The molecule has 2 aromatic carbocycles. The molecule has 0 spiro atoms. The van der Waals surface area contributed by atoms with Gasteiger partial charge < -0.3 is 25.6 Å². The fourth-order valence-electron chi connectivity index (χ4n) is 3.04. The van der Waals surface area contributed by atoms with E-state index in [-0.39, 0.29) is 5.91 Å². The van der Waals surface area contributed by atoms with Gasteiger partial charge in [-0.05, 0) is 56.4 Å². The van der Waals surface area contributed by atoms with Crippen molar-refractivity contribution in [2.75, 3.05) is 55.8 Å². The fraction of sp³-hybridized carbons (Fsp3) is 0.350. The SMILES string of the molecule is CCOc1ccc(C(=O)Nc2ccc(N3CCN(C)CC3)c(N)c2)cc1. The standard InChI is InChI=1S/C20H26N4O2/c1-3-26-17-7-4-15(5-8-17)20(25)22-16-6-9-19(18(21)14-16)24-12-10-23(2)11-13-24/h4-9,14H,3,10-13,21H2,1-2H3,(H,22,25). The van der Waals surface area contributed by atoms with Crippen molar-refractivity contribution in [2.24, 2.45) is 0 Å². The molecule has 3 N–H and O–H groups in total. The Morgan fingerprint density at radius 2 is 1.81 bits per heavy atom. The number of nitrogen functional groups attached to an aromatic ring is 1. The second-order valence-electron chi connectivity index (χ2n) is 6.48. The zero-order valence-corrected chi connectivity index (χ0v) is 15.4. The number of hydrogen-bond donors (Lipinski definition) is 2. The van der Waals surface area contributed by atoms with Gasteiger partial charge in [0.05, 0.1) is 18.0 Å². The molecule has 1 saturated heterocycles. The molecule has 1 aliphatic heterocycles. The number of hydrogen-bond acceptors (Lipinski definition) is 5. The van der Waals surface area contributed by atoms with E-state index in [1.54, 1.807) is 24.3 Å². The number of benzene rings is 2. The topological polar surface area (TPSA) is 70.8 Å². The molecule has 6 heteroatoms. The van der Waals surface area contributed by atoms with Gasteiger partial charge in [-0.1, -0.05) is 0 Å². The molecule has 0 atom stereocenters. The third kappa shape index (κ3) is 4.26. The molecule has 138 valence electrons. The van der Waals surface area contributed by atoms with E-state index in [1.807, 2.05) is 25.1 Å². The van der Waals surface area contributed by atoms with Gasteiger partial charge in [0.25, 0.3) is 5.91 Å². The number of carbonyl (C=O) groups excluding carboxylic acids is 1. The average Bonchev–Trinajstić information content (AvgIpc) is 2.64. The quantitative estimate of drug-likeness (QED) is 0.808. The molecule has 0 radical (unpaired) electrons. The van der Waals surface area contributed by atoms with Crippen molar-refractivity contribution < 1.29 is 9.53 Å². The molecule has 6 nitrogen and oxygen atoms in total. The molecule has 26 heavy (non-hydrogen) atoms. The van der Waals surface area contributed by atoms with Gasteiger partial charge >= 0.3 is 0 Å². The summed E-state index contributed by atoms with van der Waals surface area (Å²) in [5.74, 6) is 0.588. The molecule has 1 fully saturated rings. The monoisotopic (exact) mass is 354 g/mol. The Morgan fingerprint density at radius 3 is 2.42 bits per heavy atom. The Balaban J connectivity index is 1.66. The third-order valence-corrected chi connectivity index (χ3v) is 4.56. The van der Waals surface area contributed by atoms with Gasteiger partial charge in [0.15, 0.2) is 0 Å². The van der Waals surface area contributed by atoms with Crippen molar-refractivity contribution in [1.82, 2.24) is 4.90 Å². The van der Waals surface area contributed by atoms with Crippen LogP contribution in [-0.2, 0) is 0 Å². The first-order valence-corrected chi connectivity index (χ1v) is 8.94. The van der Waals surface area contributed by atoms with Gasteiger partial charge in [0.1, 0.15) is 5.75 Å². The van der Waals surface area contributed by atoms with Crippen molar-refractivity contribution in [2.45, 2.75) is 6.92 Å². The molecule has 0 bridgehead atoms. The molecule has 1 heterocycles. The van der Waals surface area contributed by atoms with E-state index in [2.05, 4.69) is 22.2 Å². The highest BCUT2D eigenvalue weighted by Gasteiger charge is 2.16. The number of likely N-dealkylation sites (N-methyl/N-ethyl adjacent to an activating group) is 1. The minimum absolute atomic E-state index is 0.167. The molecule has 0 saturated carbocycles. The smallest absolute Gasteiger partial charge is 0.255 e.